The van der Waals surface area contributed by atoms with Crippen LogP contribution in [-0.2, 0) is 0 Å². The first-order valence-electron chi connectivity index (χ1n) is 15.7. The maximum atomic E-state index is 2.40. The Bertz CT molecular complexity index is 2510. The third-order valence-electron chi connectivity index (χ3n) is 9.05. The maximum absolute atomic E-state index is 2.40. The van der Waals surface area contributed by atoms with Crippen LogP contribution in [0.1, 0.15) is 0 Å². The molecule has 0 amide bonds. The van der Waals surface area contributed by atoms with Gasteiger partial charge in [-0.3, -0.25) is 0 Å². The van der Waals surface area contributed by atoms with Gasteiger partial charge in [0.25, 0.3) is 0 Å². The molecule has 0 aliphatic rings. The molecule has 9 aromatic rings. The number of rotatable bonds is 5. The number of nitrogens with zero attached hydrogens (tertiary/aromatic N) is 1. The van der Waals surface area contributed by atoms with E-state index in [1.807, 2.05) is 11.3 Å². The highest BCUT2D eigenvalue weighted by atomic mass is 32.1. The van der Waals surface area contributed by atoms with Crippen molar-refractivity contribution >= 4 is 70.1 Å². The van der Waals surface area contributed by atoms with Gasteiger partial charge in [-0.25, -0.2) is 0 Å². The summed E-state index contributed by atoms with van der Waals surface area (Å²) in [5.74, 6) is 0. The summed E-state index contributed by atoms with van der Waals surface area (Å²) in [7, 11) is 0. The first kappa shape index (κ1) is 26.7. The molecule has 9 rings (SSSR count). The highest BCUT2D eigenvalue weighted by Gasteiger charge is 2.19. The topological polar surface area (TPSA) is 3.24 Å². The van der Waals surface area contributed by atoms with Gasteiger partial charge in [-0.05, 0) is 74.1 Å². The van der Waals surface area contributed by atoms with E-state index in [4.69, 9.17) is 0 Å². The molecular formula is C44H29NS. The van der Waals surface area contributed by atoms with Crippen LogP contribution in [0, 0.1) is 0 Å². The van der Waals surface area contributed by atoms with E-state index in [1.165, 1.54) is 69.7 Å². The quantitative estimate of drug-likeness (QED) is 0.189. The minimum absolute atomic E-state index is 1.13. The third kappa shape index (κ3) is 4.38. The van der Waals surface area contributed by atoms with Crippen LogP contribution in [0.25, 0.3) is 64.0 Å². The lowest BCUT2D eigenvalue weighted by molar-refractivity contribution is 1.30. The molecule has 1 nitrogen and oxygen atoms in total. The van der Waals surface area contributed by atoms with Gasteiger partial charge in [0.1, 0.15) is 0 Å². The van der Waals surface area contributed by atoms with Gasteiger partial charge in [0.15, 0.2) is 0 Å². The van der Waals surface area contributed by atoms with Crippen LogP contribution < -0.4 is 4.90 Å². The van der Waals surface area contributed by atoms with Crippen LogP contribution >= 0.6 is 11.3 Å². The zero-order valence-corrected chi connectivity index (χ0v) is 25.9. The highest BCUT2D eigenvalue weighted by molar-refractivity contribution is 7.27. The van der Waals surface area contributed by atoms with Crippen molar-refractivity contribution in [2.24, 2.45) is 0 Å². The molecule has 1 aromatic heterocycles. The highest BCUT2D eigenvalue weighted by Crippen LogP contribution is 2.46. The van der Waals surface area contributed by atoms with Gasteiger partial charge in [0.2, 0.25) is 0 Å². The largest absolute Gasteiger partial charge is 0.309 e. The van der Waals surface area contributed by atoms with Crippen molar-refractivity contribution in [3.63, 3.8) is 0 Å². The zero-order valence-electron chi connectivity index (χ0n) is 25.1. The van der Waals surface area contributed by atoms with E-state index in [9.17, 15) is 0 Å². The summed E-state index contributed by atoms with van der Waals surface area (Å²) in [5.41, 5.74) is 8.41. The summed E-state index contributed by atoms with van der Waals surface area (Å²) < 4.78 is 2.64. The first-order valence-corrected chi connectivity index (χ1v) is 16.5. The van der Waals surface area contributed by atoms with E-state index in [1.54, 1.807) is 0 Å². The standard InChI is InChI=1S/C44H29NS/c1-3-12-30(13-4-1)36-20-9-15-33-16-10-21-37(42(33)36)32-24-27-35(28-25-32)45(34-17-5-2-6-18-34)41-23-11-22-39-40-29-26-31-14-7-8-19-38(31)43(40)46-44(39)41/h1-29H. The zero-order chi connectivity index (χ0) is 30.5. The van der Waals surface area contributed by atoms with Crippen LogP contribution in [0.15, 0.2) is 176 Å². The lowest BCUT2D eigenvalue weighted by Crippen LogP contribution is -2.09. The van der Waals surface area contributed by atoms with Gasteiger partial charge >= 0.3 is 0 Å². The van der Waals surface area contributed by atoms with E-state index in [0.29, 0.717) is 0 Å². The number of thiophene rings is 1. The molecule has 0 bridgehead atoms. The van der Waals surface area contributed by atoms with Crippen molar-refractivity contribution in [2.75, 3.05) is 4.90 Å². The predicted octanol–water partition coefficient (Wildman–Crippen LogP) is 13.2. The number of benzene rings is 8. The molecule has 1 heterocycles. The molecule has 46 heavy (non-hydrogen) atoms. The number of hydrogen-bond donors (Lipinski definition) is 0. The lowest BCUT2D eigenvalue weighted by Gasteiger charge is -2.26. The molecule has 0 saturated heterocycles. The molecule has 0 aliphatic carbocycles. The van der Waals surface area contributed by atoms with Gasteiger partial charge in [-0.15, -0.1) is 11.3 Å². The van der Waals surface area contributed by atoms with Gasteiger partial charge in [-0.1, -0.05) is 146 Å². The monoisotopic (exact) mass is 603 g/mol. The number of hydrogen-bond acceptors (Lipinski definition) is 2. The van der Waals surface area contributed by atoms with E-state index in [0.717, 1.165) is 11.4 Å². The average molecular weight is 604 g/mol. The number of anilines is 3. The van der Waals surface area contributed by atoms with Crippen molar-refractivity contribution < 1.29 is 0 Å². The summed E-state index contributed by atoms with van der Waals surface area (Å²) in [6.45, 7) is 0. The van der Waals surface area contributed by atoms with Crippen LogP contribution in [0.3, 0.4) is 0 Å². The molecule has 0 spiro atoms. The minimum atomic E-state index is 1.13. The number of fused-ring (bicyclic) bond motifs is 6. The molecule has 0 atom stereocenters. The normalized spacial score (nSPS) is 11.5. The lowest BCUT2D eigenvalue weighted by atomic mass is 9.91. The third-order valence-corrected chi connectivity index (χ3v) is 10.3. The van der Waals surface area contributed by atoms with Crippen molar-refractivity contribution in [2.45, 2.75) is 0 Å². The van der Waals surface area contributed by atoms with Gasteiger partial charge in [0, 0.05) is 26.8 Å². The molecule has 0 saturated carbocycles. The van der Waals surface area contributed by atoms with Crippen LogP contribution in [0.2, 0.25) is 0 Å². The molecule has 8 aromatic carbocycles. The molecule has 0 fully saturated rings. The Morgan fingerprint density at radius 3 is 1.67 bits per heavy atom. The smallest absolute Gasteiger partial charge is 0.0640 e. The van der Waals surface area contributed by atoms with Gasteiger partial charge < -0.3 is 4.90 Å². The summed E-state index contributed by atoms with van der Waals surface area (Å²) >= 11 is 1.89. The Labute approximate surface area is 272 Å². The predicted molar refractivity (Wildman–Crippen MR) is 200 cm³/mol. The summed E-state index contributed by atoms with van der Waals surface area (Å²) in [6.07, 6.45) is 0. The fourth-order valence-electron chi connectivity index (χ4n) is 6.92. The minimum Gasteiger partial charge on any atom is -0.309 e. The van der Waals surface area contributed by atoms with Crippen molar-refractivity contribution in [1.82, 2.24) is 0 Å². The fourth-order valence-corrected chi connectivity index (χ4v) is 8.26. The van der Waals surface area contributed by atoms with Gasteiger partial charge in [-0.2, -0.15) is 0 Å². The van der Waals surface area contributed by atoms with Crippen LogP contribution in [-0.4, -0.2) is 0 Å². The molecular weight excluding hydrogens is 575 g/mol. The Morgan fingerprint density at radius 2 is 0.913 bits per heavy atom. The molecule has 0 N–H and O–H groups in total. The Hall–Kier alpha value is -5.70. The molecule has 216 valence electrons. The second-order valence-corrected chi connectivity index (χ2v) is 12.7. The average Bonchev–Trinajstić information content (AvgIpc) is 3.53. The summed E-state index contributed by atoms with van der Waals surface area (Å²) in [4.78, 5) is 2.40. The second kappa shape index (κ2) is 11.0. The van der Waals surface area contributed by atoms with Gasteiger partial charge in [0.05, 0.1) is 10.4 Å². The van der Waals surface area contributed by atoms with E-state index < -0.39 is 0 Å². The summed E-state index contributed by atoms with van der Waals surface area (Å²) in [5, 5.41) is 7.73. The van der Waals surface area contributed by atoms with E-state index in [-0.39, 0.29) is 0 Å². The second-order valence-electron chi connectivity index (χ2n) is 11.7. The number of para-hydroxylation sites is 1. The van der Waals surface area contributed by atoms with Crippen LogP contribution in [0.5, 0.6) is 0 Å². The Morgan fingerprint density at radius 1 is 0.348 bits per heavy atom. The summed E-state index contributed by atoms with van der Waals surface area (Å²) in [6, 6.07) is 63.8. The van der Waals surface area contributed by atoms with Crippen molar-refractivity contribution in [1.29, 1.82) is 0 Å². The fraction of sp³-hybridized carbons (Fsp3) is 0. The SMILES string of the molecule is c1ccc(-c2cccc3cccc(-c4ccc(N(c5ccccc5)c5cccc6c5sc5c7ccccc7ccc65)cc4)c23)cc1. The molecule has 0 unspecified atom stereocenters. The van der Waals surface area contributed by atoms with Crippen LogP contribution in [0.4, 0.5) is 17.1 Å². The van der Waals surface area contributed by atoms with Crippen molar-refractivity contribution in [3.05, 3.63) is 176 Å². The van der Waals surface area contributed by atoms with E-state index in [2.05, 4.69) is 181 Å². The molecule has 0 aliphatic heterocycles. The first-order chi connectivity index (χ1) is 22.8. The Kier molecular flexibility index (Phi) is 6.40. The molecule has 2 heteroatoms. The van der Waals surface area contributed by atoms with Crippen molar-refractivity contribution in [3.8, 4) is 22.3 Å². The Balaban J connectivity index is 1.22. The molecule has 0 radical (unpaired) electrons. The maximum Gasteiger partial charge on any atom is 0.0640 e. The van der Waals surface area contributed by atoms with E-state index >= 15 is 0 Å².